The van der Waals surface area contributed by atoms with E-state index in [9.17, 15) is 9.59 Å². The van der Waals surface area contributed by atoms with Gasteiger partial charge in [-0.25, -0.2) is 0 Å². The average molecular weight is 304 g/mol. The zero-order valence-corrected chi connectivity index (χ0v) is 13.3. The molecule has 5 heteroatoms. The number of nitrogens with one attached hydrogen (secondary N) is 1. The number of para-hydroxylation sites is 1. The van der Waals surface area contributed by atoms with Crippen LogP contribution in [-0.4, -0.2) is 42.5 Å². The highest BCUT2D eigenvalue weighted by Gasteiger charge is 2.24. The number of likely N-dealkylation sites (tertiary alicyclic amines) is 1. The van der Waals surface area contributed by atoms with Crippen molar-refractivity contribution in [3.8, 4) is 5.75 Å². The summed E-state index contributed by atoms with van der Waals surface area (Å²) >= 11 is 0. The zero-order chi connectivity index (χ0) is 15.9. The largest absolute Gasteiger partial charge is 0.493 e. The molecule has 0 aromatic heterocycles. The first-order valence-electron chi connectivity index (χ1n) is 7.95. The molecule has 1 unspecified atom stereocenters. The van der Waals surface area contributed by atoms with Crippen LogP contribution in [0.3, 0.4) is 0 Å². The molecule has 0 spiro atoms. The summed E-state index contributed by atoms with van der Waals surface area (Å²) < 4.78 is 5.46. The molecule has 0 saturated carbocycles. The third kappa shape index (κ3) is 4.00. The van der Waals surface area contributed by atoms with Crippen molar-refractivity contribution in [2.75, 3.05) is 19.7 Å². The maximum atomic E-state index is 12.4. The van der Waals surface area contributed by atoms with Crippen LogP contribution in [-0.2, 0) is 4.79 Å². The number of hydrogen-bond donors (Lipinski definition) is 1. The summed E-state index contributed by atoms with van der Waals surface area (Å²) in [6, 6.07) is 6.55. The molecular formula is C17H24N2O3. The van der Waals surface area contributed by atoms with Crippen molar-refractivity contribution in [2.45, 2.75) is 39.2 Å². The fourth-order valence-electron chi connectivity index (χ4n) is 2.66. The van der Waals surface area contributed by atoms with Gasteiger partial charge in [0.05, 0.1) is 12.2 Å². The molecule has 1 fully saturated rings. The summed E-state index contributed by atoms with van der Waals surface area (Å²) in [6.45, 7) is 5.67. The van der Waals surface area contributed by atoms with Gasteiger partial charge in [0, 0.05) is 13.1 Å². The Labute approximate surface area is 131 Å². The molecule has 2 rings (SSSR count). The van der Waals surface area contributed by atoms with Crippen LogP contribution in [0.1, 0.15) is 43.5 Å². The van der Waals surface area contributed by atoms with Crippen LogP contribution in [0.5, 0.6) is 5.75 Å². The third-order valence-corrected chi connectivity index (χ3v) is 3.82. The summed E-state index contributed by atoms with van der Waals surface area (Å²) in [6.07, 6.45) is 3.26. The molecule has 22 heavy (non-hydrogen) atoms. The number of rotatable bonds is 5. The van der Waals surface area contributed by atoms with E-state index in [-0.39, 0.29) is 11.8 Å². The van der Waals surface area contributed by atoms with E-state index < -0.39 is 6.04 Å². The van der Waals surface area contributed by atoms with Crippen molar-refractivity contribution in [3.05, 3.63) is 29.8 Å². The number of ether oxygens (including phenoxy) is 1. The second-order valence-corrected chi connectivity index (χ2v) is 5.51. The van der Waals surface area contributed by atoms with Crippen LogP contribution in [0.25, 0.3) is 0 Å². The van der Waals surface area contributed by atoms with Gasteiger partial charge in [-0.15, -0.1) is 0 Å². The molecule has 0 radical (unpaired) electrons. The van der Waals surface area contributed by atoms with Crippen molar-refractivity contribution < 1.29 is 14.3 Å². The van der Waals surface area contributed by atoms with Crippen LogP contribution < -0.4 is 10.1 Å². The van der Waals surface area contributed by atoms with Gasteiger partial charge in [0.1, 0.15) is 11.8 Å². The van der Waals surface area contributed by atoms with Crippen LogP contribution in [0.2, 0.25) is 0 Å². The Balaban J connectivity index is 2.00. The lowest BCUT2D eigenvalue weighted by molar-refractivity contribution is -0.133. The molecular weight excluding hydrogens is 280 g/mol. The van der Waals surface area contributed by atoms with Crippen LogP contribution in [0.15, 0.2) is 24.3 Å². The zero-order valence-electron chi connectivity index (χ0n) is 13.3. The Bertz CT molecular complexity index is 524. The maximum absolute atomic E-state index is 12.4. The standard InChI is InChI=1S/C17H24N2O3/c1-3-22-15-10-6-5-9-14(15)16(20)18-13(2)17(21)19-11-7-4-8-12-19/h5-6,9-10,13H,3-4,7-8,11-12H2,1-2H3,(H,18,20). The van der Waals surface area contributed by atoms with Crippen molar-refractivity contribution in [1.82, 2.24) is 10.2 Å². The van der Waals surface area contributed by atoms with E-state index in [1.165, 1.54) is 6.42 Å². The fraction of sp³-hybridized carbons (Fsp3) is 0.529. The van der Waals surface area contributed by atoms with Crippen LogP contribution >= 0.6 is 0 Å². The predicted molar refractivity (Wildman–Crippen MR) is 85.0 cm³/mol. The predicted octanol–water partition coefficient (Wildman–Crippen LogP) is 2.22. The monoisotopic (exact) mass is 304 g/mol. The van der Waals surface area contributed by atoms with Gasteiger partial charge < -0.3 is 15.0 Å². The van der Waals surface area contributed by atoms with Gasteiger partial charge in [-0.2, -0.15) is 0 Å². The van der Waals surface area contributed by atoms with Crippen molar-refractivity contribution in [1.29, 1.82) is 0 Å². The molecule has 0 bridgehead atoms. The van der Waals surface area contributed by atoms with Gasteiger partial charge in [-0.05, 0) is 45.2 Å². The van der Waals surface area contributed by atoms with E-state index in [0.29, 0.717) is 17.9 Å². The number of amides is 2. The highest BCUT2D eigenvalue weighted by molar-refractivity contribution is 5.99. The quantitative estimate of drug-likeness (QED) is 0.907. The minimum Gasteiger partial charge on any atom is -0.493 e. The van der Waals surface area contributed by atoms with Crippen LogP contribution in [0, 0.1) is 0 Å². The average Bonchev–Trinajstić information content (AvgIpc) is 2.55. The van der Waals surface area contributed by atoms with E-state index in [1.807, 2.05) is 17.9 Å². The van der Waals surface area contributed by atoms with Gasteiger partial charge >= 0.3 is 0 Å². The first kappa shape index (κ1) is 16.3. The van der Waals surface area contributed by atoms with E-state index >= 15 is 0 Å². The molecule has 120 valence electrons. The molecule has 1 aromatic carbocycles. The highest BCUT2D eigenvalue weighted by atomic mass is 16.5. The lowest BCUT2D eigenvalue weighted by atomic mass is 10.1. The van der Waals surface area contributed by atoms with E-state index in [4.69, 9.17) is 4.74 Å². The molecule has 1 heterocycles. The Morgan fingerprint density at radius 3 is 2.59 bits per heavy atom. The van der Waals surface area contributed by atoms with E-state index in [0.717, 1.165) is 25.9 Å². The fourth-order valence-corrected chi connectivity index (χ4v) is 2.66. The Kier molecular flexibility index (Phi) is 5.81. The van der Waals surface area contributed by atoms with E-state index in [1.54, 1.807) is 25.1 Å². The van der Waals surface area contributed by atoms with Gasteiger partial charge in [0.2, 0.25) is 5.91 Å². The summed E-state index contributed by atoms with van der Waals surface area (Å²) in [7, 11) is 0. The smallest absolute Gasteiger partial charge is 0.255 e. The van der Waals surface area contributed by atoms with Gasteiger partial charge in [-0.1, -0.05) is 12.1 Å². The Hall–Kier alpha value is -2.04. The van der Waals surface area contributed by atoms with Crippen LogP contribution in [0.4, 0.5) is 0 Å². The Morgan fingerprint density at radius 1 is 1.23 bits per heavy atom. The molecule has 1 aliphatic heterocycles. The Morgan fingerprint density at radius 2 is 1.91 bits per heavy atom. The highest BCUT2D eigenvalue weighted by Crippen LogP contribution is 2.18. The van der Waals surface area contributed by atoms with Crippen molar-refractivity contribution in [3.63, 3.8) is 0 Å². The van der Waals surface area contributed by atoms with Gasteiger partial charge in [-0.3, -0.25) is 9.59 Å². The summed E-state index contributed by atoms with van der Waals surface area (Å²) in [5.41, 5.74) is 0.461. The first-order chi connectivity index (χ1) is 10.6. The SMILES string of the molecule is CCOc1ccccc1C(=O)NC(C)C(=O)N1CCCCC1. The van der Waals surface area contributed by atoms with Crippen molar-refractivity contribution in [2.24, 2.45) is 0 Å². The number of carbonyl (C=O) groups excluding carboxylic acids is 2. The number of piperidine rings is 1. The lowest BCUT2D eigenvalue weighted by Crippen LogP contribution is -2.48. The summed E-state index contributed by atoms with van der Waals surface area (Å²) in [4.78, 5) is 26.6. The van der Waals surface area contributed by atoms with Gasteiger partial charge in [0.15, 0.2) is 0 Å². The molecule has 1 aliphatic rings. The molecule has 5 nitrogen and oxygen atoms in total. The van der Waals surface area contributed by atoms with E-state index in [2.05, 4.69) is 5.32 Å². The topological polar surface area (TPSA) is 58.6 Å². The molecule has 2 amide bonds. The molecule has 1 N–H and O–H groups in total. The molecule has 1 saturated heterocycles. The minimum atomic E-state index is -0.528. The summed E-state index contributed by atoms with van der Waals surface area (Å²) in [5.74, 6) is 0.254. The third-order valence-electron chi connectivity index (χ3n) is 3.82. The minimum absolute atomic E-state index is 0.0121. The normalized spacial score (nSPS) is 16.0. The number of carbonyl (C=O) groups is 2. The number of benzene rings is 1. The molecule has 1 aromatic rings. The maximum Gasteiger partial charge on any atom is 0.255 e. The number of hydrogen-bond acceptors (Lipinski definition) is 3. The van der Waals surface area contributed by atoms with Crippen molar-refractivity contribution >= 4 is 11.8 Å². The second kappa shape index (κ2) is 7.82. The van der Waals surface area contributed by atoms with Gasteiger partial charge in [0.25, 0.3) is 5.91 Å². The molecule has 0 aliphatic carbocycles. The summed E-state index contributed by atoms with van der Waals surface area (Å²) in [5, 5.41) is 2.78. The lowest BCUT2D eigenvalue weighted by Gasteiger charge is -2.29. The first-order valence-corrected chi connectivity index (χ1v) is 7.95. The number of nitrogens with zero attached hydrogens (tertiary/aromatic N) is 1. The molecule has 1 atom stereocenters. The second-order valence-electron chi connectivity index (χ2n) is 5.51.